The van der Waals surface area contributed by atoms with Gasteiger partial charge in [0.2, 0.25) is 5.91 Å². The largest absolute Gasteiger partial charge is 0.482 e. The van der Waals surface area contributed by atoms with Crippen LogP contribution >= 0.6 is 11.8 Å². The van der Waals surface area contributed by atoms with Crippen molar-refractivity contribution in [1.29, 1.82) is 0 Å². The van der Waals surface area contributed by atoms with Crippen LogP contribution in [-0.4, -0.2) is 29.4 Å². The van der Waals surface area contributed by atoms with Crippen molar-refractivity contribution in [2.24, 2.45) is 0 Å². The van der Waals surface area contributed by atoms with Gasteiger partial charge in [0.1, 0.15) is 5.75 Å². The first kappa shape index (κ1) is 20.6. The molecular formula is C17H15F3N2O4S. The molecule has 0 unspecified atom stereocenters. The van der Waals surface area contributed by atoms with Crippen LogP contribution in [-0.2, 0) is 4.79 Å². The second kappa shape index (κ2) is 8.76. The van der Waals surface area contributed by atoms with Crippen molar-refractivity contribution in [2.45, 2.75) is 18.0 Å². The molecule has 0 saturated carbocycles. The maximum atomic E-state index is 12.4. The third kappa shape index (κ3) is 6.81. The Bertz CT molecular complexity index is 826. The van der Waals surface area contributed by atoms with Gasteiger partial charge in [0.25, 0.3) is 5.69 Å². The molecule has 0 saturated heterocycles. The molecule has 0 aliphatic rings. The minimum absolute atomic E-state index is 0.0234. The Morgan fingerprint density at radius 2 is 1.89 bits per heavy atom. The molecule has 0 atom stereocenters. The molecule has 6 nitrogen and oxygen atoms in total. The number of hydrogen-bond donors (Lipinski definition) is 1. The molecule has 10 heteroatoms. The summed E-state index contributed by atoms with van der Waals surface area (Å²) < 4.78 is 41.9. The van der Waals surface area contributed by atoms with Gasteiger partial charge in [-0.15, -0.1) is 11.8 Å². The van der Waals surface area contributed by atoms with Crippen LogP contribution in [0.4, 0.5) is 24.5 Å². The normalized spacial score (nSPS) is 11.1. The number of non-ortho nitro benzene ring substituents is 1. The summed E-state index contributed by atoms with van der Waals surface area (Å²) in [5.74, 6) is -0.537. The summed E-state index contributed by atoms with van der Waals surface area (Å²) in [6, 6.07) is 10.2. The summed E-state index contributed by atoms with van der Waals surface area (Å²) >= 11 is 1.14. The fourth-order valence-corrected chi connectivity index (χ4v) is 2.71. The first-order valence-corrected chi connectivity index (χ1v) is 8.60. The molecule has 0 aliphatic heterocycles. The highest BCUT2D eigenvalue weighted by atomic mass is 32.2. The van der Waals surface area contributed by atoms with Gasteiger partial charge in [0.05, 0.1) is 16.4 Å². The number of nitro groups is 1. The highest BCUT2D eigenvalue weighted by Gasteiger charge is 2.29. The van der Waals surface area contributed by atoms with Crippen LogP contribution in [0.25, 0.3) is 0 Å². The fraction of sp³-hybridized carbons (Fsp3) is 0.235. The Balaban J connectivity index is 1.97. The van der Waals surface area contributed by atoms with Gasteiger partial charge in [-0.2, -0.15) is 13.2 Å². The maximum Gasteiger partial charge on any atom is 0.422 e. The number of nitro benzene ring substituents is 1. The van der Waals surface area contributed by atoms with E-state index in [0.717, 1.165) is 11.8 Å². The zero-order chi connectivity index (χ0) is 20.0. The number of nitrogens with zero attached hydrogens (tertiary/aromatic N) is 1. The van der Waals surface area contributed by atoms with E-state index in [1.165, 1.54) is 36.4 Å². The molecule has 0 bridgehead atoms. The predicted octanol–water partition coefficient (Wildman–Crippen LogP) is 4.58. The second-order valence-corrected chi connectivity index (χ2v) is 6.54. The van der Waals surface area contributed by atoms with Crippen LogP contribution in [0.15, 0.2) is 47.4 Å². The lowest BCUT2D eigenvalue weighted by atomic mass is 10.2. The van der Waals surface area contributed by atoms with E-state index in [1.807, 2.05) is 0 Å². The second-order valence-electron chi connectivity index (χ2n) is 5.49. The number of thioether (sulfide) groups is 1. The van der Waals surface area contributed by atoms with Crippen molar-refractivity contribution >= 4 is 29.0 Å². The highest BCUT2D eigenvalue weighted by molar-refractivity contribution is 8.00. The van der Waals surface area contributed by atoms with Crippen LogP contribution < -0.4 is 10.1 Å². The monoisotopic (exact) mass is 400 g/mol. The number of benzene rings is 2. The van der Waals surface area contributed by atoms with Crippen molar-refractivity contribution in [2.75, 3.05) is 17.7 Å². The van der Waals surface area contributed by atoms with Gasteiger partial charge in [0.15, 0.2) is 6.61 Å². The standard InChI is InChI=1S/C17H15F3N2O4S/c1-11-2-7-14(15(8-11)26-10-17(18,19)20)21-16(23)9-27-13-5-3-12(4-6-13)22(24)25/h2-8H,9-10H2,1H3,(H,21,23). The Morgan fingerprint density at radius 3 is 2.48 bits per heavy atom. The molecule has 2 rings (SSSR count). The van der Waals surface area contributed by atoms with E-state index in [2.05, 4.69) is 5.32 Å². The minimum atomic E-state index is -4.49. The van der Waals surface area contributed by atoms with Crippen molar-refractivity contribution in [1.82, 2.24) is 0 Å². The number of carbonyl (C=O) groups is 1. The summed E-state index contributed by atoms with van der Waals surface area (Å²) in [6.07, 6.45) is -4.49. The Labute approximate surface area is 156 Å². The molecule has 0 heterocycles. The number of amides is 1. The van der Waals surface area contributed by atoms with E-state index in [9.17, 15) is 28.1 Å². The zero-order valence-corrected chi connectivity index (χ0v) is 14.9. The Kier molecular flexibility index (Phi) is 6.67. The van der Waals surface area contributed by atoms with Crippen LogP contribution in [0.1, 0.15) is 5.56 Å². The molecular weight excluding hydrogens is 385 g/mol. The number of halogens is 3. The lowest BCUT2D eigenvalue weighted by Crippen LogP contribution is -2.21. The first-order chi connectivity index (χ1) is 12.6. The Morgan fingerprint density at radius 1 is 1.22 bits per heavy atom. The molecule has 144 valence electrons. The van der Waals surface area contributed by atoms with Crippen molar-refractivity contribution < 1.29 is 27.6 Å². The number of nitrogens with one attached hydrogen (secondary N) is 1. The molecule has 1 N–H and O–H groups in total. The minimum Gasteiger partial charge on any atom is -0.482 e. The number of hydrogen-bond acceptors (Lipinski definition) is 5. The number of anilines is 1. The SMILES string of the molecule is Cc1ccc(NC(=O)CSc2ccc([N+](=O)[O-])cc2)c(OCC(F)(F)F)c1. The van der Waals surface area contributed by atoms with Gasteiger partial charge >= 0.3 is 6.18 Å². The Hall–Kier alpha value is -2.75. The number of rotatable bonds is 7. The first-order valence-electron chi connectivity index (χ1n) is 7.61. The van der Waals surface area contributed by atoms with E-state index >= 15 is 0 Å². The summed E-state index contributed by atoms with van der Waals surface area (Å²) in [7, 11) is 0. The number of alkyl halides is 3. The molecule has 0 aromatic heterocycles. The third-order valence-corrected chi connectivity index (χ3v) is 4.23. The molecule has 0 aliphatic carbocycles. The van der Waals surface area contributed by atoms with Gasteiger partial charge in [-0.3, -0.25) is 14.9 Å². The topological polar surface area (TPSA) is 81.5 Å². The average molecular weight is 400 g/mol. The van der Waals surface area contributed by atoms with E-state index < -0.39 is 23.6 Å². The number of carbonyl (C=O) groups excluding carboxylic acids is 1. The smallest absolute Gasteiger partial charge is 0.422 e. The average Bonchev–Trinajstić information content (AvgIpc) is 2.60. The van der Waals surface area contributed by atoms with Crippen LogP contribution in [0.5, 0.6) is 5.75 Å². The van der Waals surface area contributed by atoms with Crippen LogP contribution in [0.3, 0.4) is 0 Å². The van der Waals surface area contributed by atoms with E-state index in [-0.39, 0.29) is 22.9 Å². The molecule has 2 aromatic rings. The molecule has 0 spiro atoms. The summed E-state index contributed by atoms with van der Waals surface area (Å²) in [5, 5.41) is 13.1. The summed E-state index contributed by atoms with van der Waals surface area (Å²) in [4.78, 5) is 22.8. The van der Waals surface area contributed by atoms with Crippen molar-refractivity contribution in [3.63, 3.8) is 0 Å². The molecule has 0 fully saturated rings. The number of aryl methyl sites for hydroxylation is 1. The third-order valence-electron chi connectivity index (χ3n) is 3.22. The highest BCUT2D eigenvalue weighted by Crippen LogP contribution is 2.28. The van der Waals surface area contributed by atoms with Crippen LogP contribution in [0, 0.1) is 17.0 Å². The molecule has 0 radical (unpaired) electrons. The zero-order valence-electron chi connectivity index (χ0n) is 14.1. The summed E-state index contributed by atoms with van der Waals surface area (Å²) in [6.45, 7) is 0.230. The van der Waals surface area contributed by atoms with Crippen LogP contribution in [0.2, 0.25) is 0 Å². The van der Waals surface area contributed by atoms with E-state index in [0.29, 0.717) is 10.5 Å². The fourth-order valence-electron chi connectivity index (χ4n) is 2.01. The van der Waals surface area contributed by atoms with Crippen molar-refractivity contribution in [3.05, 3.63) is 58.1 Å². The quantitative estimate of drug-likeness (QED) is 0.418. The number of ether oxygens (including phenoxy) is 1. The van der Waals surface area contributed by atoms with Gasteiger partial charge in [-0.25, -0.2) is 0 Å². The lowest BCUT2D eigenvalue weighted by Gasteiger charge is -2.14. The molecule has 27 heavy (non-hydrogen) atoms. The lowest BCUT2D eigenvalue weighted by molar-refractivity contribution is -0.384. The van der Waals surface area contributed by atoms with Crippen molar-refractivity contribution in [3.8, 4) is 5.75 Å². The van der Waals surface area contributed by atoms with Gasteiger partial charge in [-0.05, 0) is 36.8 Å². The van der Waals surface area contributed by atoms with E-state index in [1.54, 1.807) is 13.0 Å². The molecule has 2 aromatic carbocycles. The predicted molar refractivity (Wildman–Crippen MR) is 95.2 cm³/mol. The van der Waals surface area contributed by atoms with E-state index in [4.69, 9.17) is 4.74 Å². The van der Waals surface area contributed by atoms with Gasteiger partial charge < -0.3 is 10.1 Å². The van der Waals surface area contributed by atoms with Gasteiger partial charge in [0, 0.05) is 17.0 Å². The summed E-state index contributed by atoms with van der Waals surface area (Å²) in [5.41, 5.74) is 0.763. The molecule has 1 amide bonds. The maximum absolute atomic E-state index is 12.4. The van der Waals surface area contributed by atoms with Gasteiger partial charge in [-0.1, -0.05) is 6.07 Å².